The van der Waals surface area contributed by atoms with E-state index >= 15 is 0 Å². The predicted octanol–water partition coefficient (Wildman–Crippen LogP) is 6.60. The molecule has 0 aliphatic heterocycles. The molecule has 0 aliphatic rings. The van der Waals surface area contributed by atoms with Gasteiger partial charge in [-0.1, -0.05) is 45.4 Å². The average Bonchev–Trinajstić information content (AvgIpc) is 2.56. The summed E-state index contributed by atoms with van der Waals surface area (Å²) in [6, 6.07) is 9.21. The molecule has 22 heavy (non-hydrogen) atoms. The van der Waals surface area contributed by atoms with Gasteiger partial charge in [0.1, 0.15) is 0 Å². The fourth-order valence-electron chi connectivity index (χ4n) is 3.11. The van der Waals surface area contributed by atoms with Gasteiger partial charge in [0.25, 0.3) is 0 Å². The van der Waals surface area contributed by atoms with E-state index in [-0.39, 0.29) is 0 Å². The van der Waals surface area contributed by atoms with Crippen LogP contribution < -0.4 is 0 Å². The molecule has 0 unspecified atom stereocenters. The molecule has 0 bridgehead atoms. The van der Waals surface area contributed by atoms with E-state index in [1.54, 1.807) is 0 Å². The third-order valence-corrected chi connectivity index (χ3v) is 4.75. The zero-order valence-electron chi connectivity index (χ0n) is 15.2. The van der Waals surface area contributed by atoms with Crippen LogP contribution in [0.5, 0.6) is 0 Å². The van der Waals surface area contributed by atoms with Crippen LogP contribution in [0.15, 0.2) is 24.3 Å². The van der Waals surface area contributed by atoms with Crippen molar-refractivity contribution < 1.29 is 0 Å². The Hall–Kier alpha value is -0.183. The van der Waals surface area contributed by atoms with Crippen LogP contribution >= 0.6 is 0 Å². The second-order valence-corrected chi connectivity index (χ2v) is 6.81. The third-order valence-electron chi connectivity index (χ3n) is 4.75. The second-order valence-electron chi connectivity index (χ2n) is 6.81. The van der Waals surface area contributed by atoms with Gasteiger partial charge in [-0.25, -0.2) is 0 Å². The van der Waals surface area contributed by atoms with Crippen molar-refractivity contribution in [1.29, 1.82) is 0 Å². The maximum absolute atomic E-state index is 2.32. The maximum atomic E-state index is 2.32. The minimum absolute atomic E-state index is 1.15. The average molecular weight is 294 g/mol. The number of aryl methyl sites for hydroxylation is 1. The molecule has 0 heterocycles. The van der Waals surface area contributed by atoms with Crippen molar-refractivity contribution in [2.45, 2.75) is 95.5 Å². The van der Waals surface area contributed by atoms with E-state index < -0.39 is 0 Å². The normalized spacial score (nSPS) is 11.0. The van der Waals surface area contributed by atoms with E-state index in [2.05, 4.69) is 48.9 Å². The molecule has 0 radical (unpaired) electrons. The molecule has 0 atom stereocenters. The molecule has 1 aromatic carbocycles. The molecule has 0 aliphatic carbocycles. The van der Waals surface area contributed by atoms with Gasteiger partial charge >= 0.3 is 103 Å². The summed E-state index contributed by atoms with van der Waals surface area (Å²) in [6.07, 6.45) is 18.5. The monoisotopic (exact) mass is 294 g/mol. The van der Waals surface area contributed by atoms with Gasteiger partial charge < -0.3 is 0 Å². The van der Waals surface area contributed by atoms with Gasteiger partial charge in [0.15, 0.2) is 0 Å². The van der Waals surface area contributed by atoms with Crippen LogP contribution in [0, 0.1) is 0 Å². The summed E-state index contributed by atoms with van der Waals surface area (Å²) in [7, 11) is 0. The van der Waals surface area contributed by atoms with Crippen LogP contribution in [0.4, 0.5) is 0 Å². The Bertz CT molecular complexity index is 341. The van der Waals surface area contributed by atoms with Crippen LogP contribution in [-0.2, 0) is 11.5 Å². The van der Waals surface area contributed by atoms with Gasteiger partial charge in [0.05, 0.1) is 0 Å². The molecule has 0 nitrogen and oxygen atoms in total. The summed E-state index contributed by atoms with van der Waals surface area (Å²) in [5.74, 6) is 0. The summed E-state index contributed by atoms with van der Waals surface area (Å²) in [6.45, 7) is 2.29. The summed E-state index contributed by atoms with van der Waals surface area (Å²) in [5.41, 5.74) is 2.97. The van der Waals surface area contributed by atoms with Crippen molar-refractivity contribution in [3.05, 3.63) is 35.4 Å². The first kappa shape index (κ1) is 19.9. The SMILES string of the molecule is [Li][CH2]c1ccc(CCCCCCCCCCCCCC)cc1. The number of benzene rings is 1. The summed E-state index contributed by atoms with van der Waals surface area (Å²) in [4.78, 5) is 0. The molecule has 0 fully saturated rings. The molecule has 0 N–H and O–H groups in total. The van der Waals surface area contributed by atoms with Crippen molar-refractivity contribution in [3.63, 3.8) is 0 Å². The van der Waals surface area contributed by atoms with Crippen LogP contribution in [0.2, 0.25) is 0 Å². The van der Waals surface area contributed by atoms with E-state index in [4.69, 9.17) is 0 Å². The third kappa shape index (κ3) is 10.5. The van der Waals surface area contributed by atoms with E-state index in [0.29, 0.717) is 0 Å². The van der Waals surface area contributed by atoms with Gasteiger partial charge in [0.2, 0.25) is 0 Å². The number of rotatable bonds is 14. The molecule has 0 spiro atoms. The molecule has 1 aromatic rings. The summed E-state index contributed by atoms with van der Waals surface area (Å²) < 4.78 is 0. The molecule has 0 saturated carbocycles. The fourth-order valence-corrected chi connectivity index (χ4v) is 3.11. The predicted molar refractivity (Wildman–Crippen MR) is 101 cm³/mol. The first-order valence-electron chi connectivity index (χ1n) is 9.94. The molecular formula is C21H35Li. The molecule has 0 saturated heterocycles. The Morgan fingerprint density at radius 2 is 1.00 bits per heavy atom. The van der Waals surface area contributed by atoms with Crippen LogP contribution in [0.25, 0.3) is 0 Å². The Morgan fingerprint density at radius 1 is 0.591 bits per heavy atom. The van der Waals surface area contributed by atoms with Crippen molar-refractivity contribution in [2.75, 3.05) is 0 Å². The molecule has 1 rings (SSSR count). The quantitative estimate of drug-likeness (QED) is 0.268. The zero-order chi connectivity index (χ0) is 15.9. The van der Waals surface area contributed by atoms with E-state index in [1.165, 1.54) is 94.6 Å². The topological polar surface area (TPSA) is 0 Å². The molecule has 0 aromatic heterocycles. The van der Waals surface area contributed by atoms with Crippen molar-refractivity contribution in [1.82, 2.24) is 0 Å². The van der Waals surface area contributed by atoms with E-state index in [1.807, 2.05) is 0 Å². The van der Waals surface area contributed by atoms with Gasteiger partial charge in [-0.05, 0) is 0 Å². The first-order chi connectivity index (χ1) is 10.9. The van der Waals surface area contributed by atoms with E-state index in [0.717, 1.165) is 5.09 Å². The van der Waals surface area contributed by atoms with Crippen molar-refractivity contribution in [2.24, 2.45) is 0 Å². The minimum atomic E-state index is 1.15. The molecule has 120 valence electrons. The number of hydrogen-bond donors (Lipinski definition) is 0. The van der Waals surface area contributed by atoms with Gasteiger partial charge in [-0.2, -0.15) is 0 Å². The first-order valence-corrected chi connectivity index (χ1v) is 9.94. The van der Waals surface area contributed by atoms with Gasteiger partial charge in [-0.3, -0.25) is 0 Å². The summed E-state index contributed by atoms with van der Waals surface area (Å²) in [5, 5.41) is 1.15. The Balaban J connectivity index is 1.85. The van der Waals surface area contributed by atoms with Crippen LogP contribution in [-0.4, -0.2) is 17.7 Å². The van der Waals surface area contributed by atoms with Crippen molar-refractivity contribution in [3.8, 4) is 0 Å². The standard InChI is InChI=1S/C21H35.Li/c1-3-4-5-6-7-8-9-10-11-12-13-14-15-21-18-16-20(2)17-19-21;/h16-19H,2-15H2,1H3;. The summed E-state index contributed by atoms with van der Waals surface area (Å²) >= 11 is 2.22. The fraction of sp³-hybridized carbons (Fsp3) is 0.714. The molecule has 1 heteroatoms. The van der Waals surface area contributed by atoms with E-state index in [9.17, 15) is 0 Å². The molecular weight excluding hydrogens is 259 g/mol. The Morgan fingerprint density at radius 3 is 1.45 bits per heavy atom. The zero-order valence-corrected chi connectivity index (χ0v) is 15.2. The van der Waals surface area contributed by atoms with Crippen LogP contribution in [0.1, 0.15) is 95.1 Å². The van der Waals surface area contributed by atoms with Crippen molar-refractivity contribution >= 4 is 17.7 Å². The Kier molecular flexibility index (Phi) is 13.0. The van der Waals surface area contributed by atoms with Gasteiger partial charge in [-0.15, -0.1) is 0 Å². The number of hydrogen-bond acceptors (Lipinski definition) is 0. The van der Waals surface area contributed by atoms with Gasteiger partial charge in [0, 0.05) is 0 Å². The Labute approximate surface area is 148 Å². The second kappa shape index (κ2) is 14.4. The molecule has 0 amide bonds. The number of unbranched alkanes of at least 4 members (excludes halogenated alkanes) is 11. The van der Waals surface area contributed by atoms with Crippen LogP contribution in [0.3, 0.4) is 0 Å².